The lowest BCUT2D eigenvalue weighted by atomic mass is 10.1. The zero-order valence-electron chi connectivity index (χ0n) is 15.0. The first-order valence-corrected chi connectivity index (χ1v) is 8.79. The summed E-state index contributed by atoms with van der Waals surface area (Å²) >= 11 is 0. The molecule has 0 fully saturated rings. The number of aromatic nitrogens is 2. The van der Waals surface area contributed by atoms with Crippen molar-refractivity contribution in [2.24, 2.45) is 12.0 Å². The van der Waals surface area contributed by atoms with Gasteiger partial charge in [-0.25, -0.2) is 4.99 Å². The Balaban J connectivity index is 1.84. The Morgan fingerprint density at radius 1 is 1.17 bits per heavy atom. The van der Waals surface area contributed by atoms with Crippen molar-refractivity contribution in [2.75, 3.05) is 13.1 Å². The fraction of sp³-hybridized carbons (Fsp3) is 0.474. The molecule has 0 saturated heterocycles. The zero-order valence-corrected chi connectivity index (χ0v) is 15.0. The average Bonchev–Trinajstić information content (AvgIpc) is 3.02. The minimum Gasteiger partial charge on any atom is -0.357 e. The summed E-state index contributed by atoms with van der Waals surface area (Å²) in [5.41, 5.74) is 3.94. The molecule has 1 aromatic heterocycles. The lowest BCUT2D eigenvalue weighted by Crippen LogP contribution is -2.37. The van der Waals surface area contributed by atoms with Gasteiger partial charge in [-0.3, -0.25) is 4.68 Å². The number of benzene rings is 1. The van der Waals surface area contributed by atoms with Crippen molar-refractivity contribution in [2.45, 2.75) is 39.7 Å². The predicted octanol–water partition coefficient (Wildman–Crippen LogP) is 2.67. The van der Waals surface area contributed by atoms with Gasteiger partial charge in [0.15, 0.2) is 5.96 Å². The van der Waals surface area contributed by atoms with Crippen LogP contribution in [0.25, 0.3) is 0 Å². The molecule has 5 nitrogen and oxygen atoms in total. The summed E-state index contributed by atoms with van der Waals surface area (Å²) in [6.45, 7) is 6.75. The summed E-state index contributed by atoms with van der Waals surface area (Å²) in [5.74, 6) is 0.884. The van der Waals surface area contributed by atoms with Crippen molar-refractivity contribution in [3.63, 3.8) is 0 Å². The third-order valence-corrected chi connectivity index (χ3v) is 3.94. The molecular weight excluding hydrogens is 298 g/mol. The molecule has 2 rings (SSSR count). The minimum absolute atomic E-state index is 0.710. The molecule has 2 aromatic rings. The highest BCUT2D eigenvalue weighted by molar-refractivity contribution is 5.79. The Labute approximate surface area is 145 Å². The lowest BCUT2D eigenvalue weighted by Gasteiger charge is -2.12. The van der Waals surface area contributed by atoms with Gasteiger partial charge in [0, 0.05) is 26.3 Å². The molecule has 1 aromatic carbocycles. The Morgan fingerprint density at radius 3 is 2.62 bits per heavy atom. The van der Waals surface area contributed by atoms with Gasteiger partial charge < -0.3 is 10.6 Å². The van der Waals surface area contributed by atoms with Crippen LogP contribution in [0.5, 0.6) is 0 Å². The van der Waals surface area contributed by atoms with Gasteiger partial charge in [0.1, 0.15) is 0 Å². The highest BCUT2D eigenvalue weighted by Gasteiger charge is 2.01. The minimum atomic E-state index is 0.710. The molecule has 0 atom stereocenters. The van der Waals surface area contributed by atoms with Gasteiger partial charge >= 0.3 is 0 Å². The summed E-state index contributed by atoms with van der Waals surface area (Å²) in [7, 11) is 1.95. The maximum Gasteiger partial charge on any atom is 0.191 e. The first-order valence-electron chi connectivity index (χ1n) is 8.79. The molecule has 0 amide bonds. The Kier molecular flexibility index (Phi) is 7.33. The van der Waals surface area contributed by atoms with Gasteiger partial charge in [0.2, 0.25) is 0 Å². The molecule has 0 saturated carbocycles. The normalized spacial score (nSPS) is 11.5. The molecule has 0 aliphatic heterocycles. The second kappa shape index (κ2) is 9.75. The van der Waals surface area contributed by atoms with Crippen LogP contribution < -0.4 is 10.6 Å². The molecule has 0 aliphatic rings. The van der Waals surface area contributed by atoms with E-state index in [1.807, 2.05) is 17.9 Å². The number of nitrogens with one attached hydrogen (secondary N) is 2. The molecule has 1 heterocycles. The van der Waals surface area contributed by atoms with E-state index in [0.29, 0.717) is 6.54 Å². The number of nitrogens with zero attached hydrogens (tertiary/aromatic N) is 3. The van der Waals surface area contributed by atoms with E-state index in [4.69, 9.17) is 4.99 Å². The highest BCUT2D eigenvalue weighted by Crippen LogP contribution is 2.10. The van der Waals surface area contributed by atoms with Crippen LogP contribution in [0.15, 0.2) is 41.7 Å². The van der Waals surface area contributed by atoms with Crippen LogP contribution in [0.3, 0.4) is 0 Å². The molecule has 0 bridgehead atoms. The van der Waals surface area contributed by atoms with Crippen LogP contribution in [-0.2, 0) is 26.4 Å². The summed E-state index contributed by atoms with van der Waals surface area (Å²) < 4.78 is 1.85. The molecule has 2 N–H and O–H groups in total. The molecule has 24 heavy (non-hydrogen) atoms. The molecule has 0 unspecified atom stereocenters. The van der Waals surface area contributed by atoms with Crippen LogP contribution in [0.1, 0.15) is 37.0 Å². The summed E-state index contributed by atoms with van der Waals surface area (Å²) in [5, 5.41) is 10.9. The van der Waals surface area contributed by atoms with E-state index >= 15 is 0 Å². The number of aryl methyl sites for hydroxylation is 3. The van der Waals surface area contributed by atoms with E-state index in [-0.39, 0.29) is 0 Å². The van der Waals surface area contributed by atoms with Gasteiger partial charge in [-0.1, -0.05) is 31.2 Å². The van der Waals surface area contributed by atoms with Gasteiger partial charge in [-0.15, -0.1) is 0 Å². The van der Waals surface area contributed by atoms with Crippen LogP contribution in [-0.4, -0.2) is 28.8 Å². The monoisotopic (exact) mass is 327 g/mol. The molecule has 130 valence electrons. The number of rotatable bonds is 8. The van der Waals surface area contributed by atoms with Crippen LogP contribution in [0.2, 0.25) is 0 Å². The fourth-order valence-electron chi connectivity index (χ4n) is 2.66. The SMILES string of the molecule is CCNC(=NCc1ccccc1CC)NCCCc1cnn(C)c1. The second-order valence-corrected chi connectivity index (χ2v) is 5.87. The zero-order chi connectivity index (χ0) is 17.2. The third kappa shape index (κ3) is 5.72. The largest absolute Gasteiger partial charge is 0.357 e. The van der Waals surface area contributed by atoms with Crippen LogP contribution in [0, 0.1) is 0 Å². The third-order valence-electron chi connectivity index (χ3n) is 3.94. The molecule has 0 aliphatic carbocycles. The molecule has 0 spiro atoms. The number of guanidine groups is 1. The second-order valence-electron chi connectivity index (χ2n) is 5.87. The van der Waals surface area contributed by atoms with Gasteiger partial charge in [0.25, 0.3) is 0 Å². The smallest absolute Gasteiger partial charge is 0.191 e. The fourth-order valence-corrected chi connectivity index (χ4v) is 2.66. The standard InChI is InChI=1S/C19H29N5/c1-4-17-10-6-7-11-18(17)14-22-19(20-5-2)21-12-8-9-16-13-23-24(3)15-16/h6-7,10-11,13,15H,4-5,8-9,12,14H2,1-3H3,(H2,20,21,22). The summed E-state index contributed by atoms with van der Waals surface area (Å²) in [6.07, 6.45) is 7.13. The van der Waals surface area contributed by atoms with Crippen LogP contribution in [0.4, 0.5) is 0 Å². The van der Waals surface area contributed by atoms with E-state index in [0.717, 1.165) is 38.3 Å². The number of hydrogen-bond donors (Lipinski definition) is 2. The highest BCUT2D eigenvalue weighted by atomic mass is 15.2. The number of aliphatic imine (C=N–C) groups is 1. The Morgan fingerprint density at radius 2 is 1.96 bits per heavy atom. The molecular formula is C19H29N5. The maximum absolute atomic E-state index is 4.72. The first kappa shape index (κ1) is 18.0. The lowest BCUT2D eigenvalue weighted by molar-refractivity contribution is 0.740. The maximum atomic E-state index is 4.72. The first-order chi connectivity index (χ1) is 11.7. The van der Waals surface area contributed by atoms with Crippen molar-refractivity contribution < 1.29 is 0 Å². The number of hydrogen-bond acceptors (Lipinski definition) is 2. The van der Waals surface area contributed by atoms with Crippen molar-refractivity contribution in [3.05, 3.63) is 53.3 Å². The van der Waals surface area contributed by atoms with E-state index in [2.05, 4.69) is 60.0 Å². The van der Waals surface area contributed by atoms with E-state index in [9.17, 15) is 0 Å². The summed E-state index contributed by atoms with van der Waals surface area (Å²) in [4.78, 5) is 4.72. The quantitative estimate of drug-likeness (QED) is 0.445. The van der Waals surface area contributed by atoms with Gasteiger partial charge in [0.05, 0.1) is 12.7 Å². The predicted molar refractivity (Wildman–Crippen MR) is 100 cm³/mol. The van der Waals surface area contributed by atoms with E-state index in [1.54, 1.807) is 0 Å². The van der Waals surface area contributed by atoms with Crippen LogP contribution >= 0.6 is 0 Å². The Hall–Kier alpha value is -2.30. The van der Waals surface area contributed by atoms with Crippen molar-refractivity contribution in [1.29, 1.82) is 0 Å². The Bertz CT molecular complexity index is 645. The van der Waals surface area contributed by atoms with Gasteiger partial charge in [-0.05, 0) is 42.9 Å². The van der Waals surface area contributed by atoms with Gasteiger partial charge in [-0.2, -0.15) is 5.10 Å². The molecule has 5 heteroatoms. The van der Waals surface area contributed by atoms with E-state index in [1.165, 1.54) is 16.7 Å². The average molecular weight is 327 g/mol. The summed E-state index contributed by atoms with van der Waals surface area (Å²) in [6, 6.07) is 8.51. The van der Waals surface area contributed by atoms with Crippen molar-refractivity contribution in [3.8, 4) is 0 Å². The molecule has 0 radical (unpaired) electrons. The van der Waals surface area contributed by atoms with Crippen molar-refractivity contribution in [1.82, 2.24) is 20.4 Å². The van der Waals surface area contributed by atoms with E-state index < -0.39 is 0 Å². The van der Waals surface area contributed by atoms with Crippen molar-refractivity contribution >= 4 is 5.96 Å². The topological polar surface area (TPSA) is 54.2 Å².